The Morgan fingerprint density at radius 2 is 1.78 bits per heavy atom. The summed E-state index contributed by atoms with van der Waals surface area (Å²) in [5.74, 6) is -1.49. The molecule has 1 aromatic carbocycles. The molecule has 226 valence electrons. The standard InChI is InChI=1S/C29H43N5O7/c1-4-7-8-9-23(19(5-2)17-26(35)34-39)28(37)32-18-33-29(38)25-11-10-24(41-25)20-14-21(27(36)31-13-12-30)16-22(15-20)40-6-3/h10-11,14-16,19,23,39H,4-9,12-13,17-18,30H2,1-3H3,(H,31,36)(H,32,37)(H,33,38)(H,34,35). The molecule has 2 atom stereocenters. The molecule has 0 aliphatic carbocycles. The highest BCUT2D eigenvalue weighted by Gasteiger charge is 2.28. The molecule has 0 radical (unpaired) electrons. The Labute approximate surface area is 240 Å². The second kappa shape index (κ2) is 17.7. The summed E-state index contributed by atoms with van der Waals surface area (Å²) in [7, 11) is 0. The van der Waals surface area contributed by atoms with Gasteiger partial charge in [-0.15, -0.1) is 0 Å². The summed E-state index contributed by atoms with van der Waals surface area (Å²) in [6, 6.07) is 8.08. The van der Waals surface area contributed by atoms with Crippen molar-refractivity contribution in [3.05, 3.63) is 41.7 Å². The second-order valence-electron chi connectivity index (χ2n) is 9.62. The van der Waals surface area contributed by atoms with Crippen molar-refractivity contribution in [2.75, 3.05) is 26.4 Å². The molecule has 0 bridgehead atoms. The number of nitrogens with two attached hydrogens (primary N) is 1. The number of hydrogen-bond donors (Lipinski definition) is 6. The molecule has 1 heterocycles. The van der Waals surface area contributed by atoms with Gasteiger partial charge in [0.2, 0.25) is 11.8 Å². The highest BCUT2D eigenvalue weighted by atomic mass is 16.5. The summed E-state index contributed by atoms with van der Waals surface area (Å²) in [5, 5.41) is 17.0. The van der Waals surface area contributed by atoms with Crippen LogP contribution in [0.3, 0.4) is 0 Å². The van der Waals surface area contributed by atoms with Crippen LogP contribution < -0.4 is 31.9 Å². The molecule has 12 heteroatoms. The molecular weight excluding hydrogens is 530 g/mol. The quantitative estimate of drug-likeness (QED) is 0.0680. The Morgan fingerprint density at radius 1 is 1.00 bits per heavy atom. The molecule has 1 aromatic heterocycles. The second-order valence-corrected chi connectivity index (χ2v) is 9.62. The minimum atomic E-state index is -0.540. The third kappa shape index (κ3) is 10.5. The Hall–Kier alpha value is -3.90. The molecule has 0 fully saturated rings. The average Bonchev–Trinajstić information content (AvgIpc) is 3.47. The first kappa shape index (κ1) is 33.3. The maximum atomic E-state index is 13.0. The fraction of sp³-hybridized carbons (Fsp3) is 0.517. The summed E-state index contributed by atoms with van der Waals surface area (Å²) >= 11 is 0. The van der Waals surface area contributed by atoms with Crippen molar-refractivity contribution >= 4 is 23.6 Å². The van der Waals surface area contributed by atoms with E-state index in [0.717, 1.165) is 19.3 Å². The lowest BCUT2D eigenvalue weighted by Crippen LogP contribution is -2.42. The Balaban J connectivity index is 2.08. The van der Waals surface area contributed by atoms with Crippen molar-refractivity contribution in [1.82, 2.24) is 21.4 Å². The van der Waals surface area contributed by atoms with E-state index in [4.69, 9.17) is 20.1 Å². The highest BCUT2D eigenvalue weighted by Crippen LogP contribution is 2.28. The normalized spacial score (nSPS) is 12.2. The molecular formula is C29H43N5O7. The number of amides is 4. The van der Waals surface area contributed by atoms with Gasteiger partial charge in [-0.1, -0.05) is 39.5 Å². The Morgan fingerprint density at radius 3 is 2.44 bits per heavy atom. The van der Waals surface area contributed by atoms with Gasteiger partial charge < -0.3 is 30.8 Å². The van der Waals surface area contributed by atoms with E-state index < -0.39 is 17.7 Å². The van der Waals surface area contributed by atoms with Gasteiger partial charge in [0.1, 0.15) is 11.5 Å². The number of ether oxygens (including phenoxy) is 1. The maximum Gasteiger partial charge on any atom is 0.288 e. The fourth-order valence-electron chi connectivity index (χ4n) is 4.51. The summed E-state index contributed by atoms with van der Waals surface area (Å²) < 4.78 is 11.4. The van der Waals surface area contributed by atoms with Gasteiger partial charge in [0.05, 0.1) is 13.3 Å². The van der Waals surface area contributed by atoms with E-state index in [1.54, 1.807) is 29.7 Å². The van der Waals surface area contributed by atoms with Gasteiger partial charge >= 0.3 is 0 Å². The van der Waals surface area contributed by atoms with Crippen molar-refractivity contribution < 1.29 is 33.5 Å². The third-order valence-electron chi connectivity index (χ3n) is 6.66. The van der Waals surface area contributed by atoms with Crippen LogP contribution >= 0.6 is 0 Å². The molecule has 0 saturated heterocycles. The minimum Gasteiger partial charge on any atom is -0.494 e. The lowest BCUT2D eigenvalue weighted by Gasteiger charge is -2.25. The van der Waals surface area contributed by atoms with Crippen LogP contribution in [0.2, 0.25) is 0 Å². The Kier molecular flexibility index (Phi) is 14.4. The number of hydroxylamine groups is 1. The maximum absolute atomic E-state index is 13.0. The molecule has 4 amide bonds. The van der Waals surface area contributed by atoms with E-state index in [1.807, 2.05) is 13.8 Å². The number of benzene rings is 1. The number of hydrogen-bond acceptors (Lipinski definition) is 8. The first-order chi connectivity index (χ1) is 19.8. The van der Waals surface area contributed by atoms with Crippen LogP contribution in [-0.2, 0) is 9.59 Å². The van der Waals surface area contributed by atoms with E-state index in [1.165, 1.54) is 6.07 Å². The number of unbranched alkanes of at least 4 members (excludes halogenated alkanes) is 2. The number of furan rings is 1. The van der Waals surface area contributed by atoms with Gasteiger partial charge in [0.15, 0.2) is 5.76 Å². The van der Waals surface area contributed by atoms with Crippen LogP contribution in [0.4, 0.5) is 0 Å². The van der Waals surface area contributed by atoms with Crippen LogP contribution in [0.1, 0.15) is 80.2 Å². The Bertz CT molecular complexity index is 1150. The van der Waals surface area contributed by atoms with E-state index in [9.17, 15) is 19.2 Å². The molecule has 7 N–H and O–H groups in total. The topological polar surface area (TPSA) is 185 Å². The van der Waals surface area contributed by atoms with Crippen LogP contribution in [-0.4, -0.2) is 55.2 Å². The van der Waals surface area contributed by atoms with Crippen molar-refractivity contribution in [3.8, 4) is 17.1 Å². The smallest absolute Gasteiger partial charge is 0.288 e. The molecule has 0 aliphatic rings. The zero-order valence-electron chi connectivity index (χ0n) is 24.1. The zero-order valence-corrected chi connectivity index (χ0v) is 24.1. The predicted octanol–water partition coefficient (Wildman–Crippen LogP) is 2.96. The van der Waals surface area contributed by atoms with E-state index in [2.05, 4.69) is 22.9 Å². The average molecular weight is 574 g/mol. The molecule has 0 aliphatic heterocycles. The van der Waals surface area contributed by atoms with Gasteiger partial charge in [-0.3, -0.25) is 24.4 Å². The van der Waals surface area contributed by atoms with Crippen molar-refractivity contribution in [2.45, 2.75) is 59.3 Å². The highest BCUT2D eigenvalue weighted by molar-refractivity contribution is 5.96. The number of nitrogens with one attached hydrogen (secondary N) is 4. The number of rotatable bonds is 18. The number of carbonyl (C=O) groups excluding carboxylic acids is 4. The lowest BCUT2D eigenvalue weighted by atomic mass is 9.82. The first-order valence-corrected chi connectivity index (χ1v) is 14.1. The fourth-order valence-corrected chi connectivity index (χ4v) is 4.51. The number of carbonyl (C=O) groups is 4. The molecule has 12 nitrogen and oxygen atoms in total. The monoisotopic (exact) mass is 573 g/mol. The van der Waals surface area contributed by atoms with Gasteiger partial charge in [-0.25, -0.2) is 5.48 Å². The van der Waals surface area contributed by atoms with E-state index >= 15 is 0 Å². The third-order valence-corrected chi connectivity index (χ3v) is 6.66. The van der Waals surface area contributed by atoms with Crippen molar-refractivity contribution in [1.29, 1.82) is 0 Å². The van der Waals surface area contributed by atoms with Gasteiger partial charge in [-0.2, -0.15) is 0 Å². The first-order valence-electron chi connectivity index (χ1n) is 14.1. The molecule has 2 rings (SSSR count). The SMILES string of the molecule is CCCCCC(C(=O)NCNC(=O)c1ccc(-c2cc(OCC)cc(C(=O)NCCN)c2)o1)C(CC)CC(=O)NO. The van der Waals surface area contributed by atoms with Crippen LogP contribution in [0, 0.1) is 11.8 Å². The molecule has 41 heavy (non-hydrogen) atoms. The summed E-state index contributed by atoms with van der Waals surface area (Å²) in [6.45, 7) is 6.69. The molecule has 0 spiro atoms. The lowest BCUT2D eigenvalue weighted by molar-refractivity contribution is -0.132. The largest absolute Gasteiger partial charge is 0.494 e. The molecule has 0 saturated carbocycles. The van der Waals surface area contributed by atoms with Crippen LogP contribution in [0.25, 0.3) is 11.3 Å². The summed E-state index contributed by atoms with van der Waals surface area (Å²) in [4.78, 5) is 50.0. The van der Waals surface area contributed by atoms with Gasteiger partial charge in [-0.05, 0) is 49.6 Å². The van der Waals surface area contributed by atoms with Crippen molar-refractivity contribution in [3.63, 3.8) is 0 Å². The van der Waals surface area contributed by atoms with Gasteiger partial charge in [0.25, 0.3) is 11.8 Å². The van der Waals surface area contributed by atoms with Crippen molar-refractivity contribution in [2.24, 2.45) is 17.6 Å². The molecule has 2 unspecified atom stereocenters. The summed E-state index contributed by atoms with van der Waals surface area (Å²) in [5.41, 5.74) is 8.03. The predicted molar refractivity (Wildman–Crippen MR) is 153 cm³/mol. The summed E-state index contributed by atoms with van der Waals surface area (Å²) in [6.07, 6.45) is 3.98. The minimum absolute atomic E-state index is 0.0238. The zero-order chi connectivity index (χ0) is 30.2. The van der Waals surface area contributed by atoms with Crippen LogP contribution in [0.15, 0.2) is 34.7 Å². The van der Waals surface area contributed by atoms with E-state index in [0.29, 0.717) is 55.2 Å². The van der Waals surface area contributed by atoms with E-state index in [-0.39, 0.29) is 36.6 Å². The van der Waals surface area contributed by atoms with Gasteiger partial charge in [0, 0.05) is 36.6 Å². The molecule has 2 aromatic rings. The van der Waals surface area contributed by atoms with Crippen LogP contribution in [0.5, 0.6) is 5.75 Å².